The zero-order chi connectivity index (χ0) is 11.3. The van der Waals surface area contributed by atoms with Crippen LogP contribution in [0.1, 0.15) is 17.5 Å². The Morgan fingerprint density at radius 2 is 2.13 bits per heavy atom. The summed E-state index contributed by atoms with van der Waals surface area (Å²) in [7, 11) is 0. The molecule has 0 fully saturated rings. The molecule has 0 saturated heterocycles. The molecule has 1 nitrogen and oxygen atoms in total. The highest BCUT2D eigenvalue weighted by Gasteiger charge is 2.06. The Hall–Kier alpha value is -1.12. The highest BCUT2D eigenvalue weighted by atomic mass is 19.3. The fourth-order valence-corrected chi connectivity index (χ4v) is 1.31. The Labute approximate surface area is 89.1 Å². The van der Waals surface area contributed by atoms with E-state index in [9.17, 15) is 8.78 Å². The molecule has 1 aromatic carbocycles. The van der Waals surface area contributed by atoms with E-state index in [4.69, 9.17) is 4.74 Å². The lowest BCUT2D eigenvalue weighted by molar-refractivity contribution is 0.0815. The highest BCUT2D eigenvalue weighted by Crippen LogP contribution is 2.20. The van der Waals surface area contributed by atoms with Gasteiger partial charge in [0.05, 0.1) is 0 Å². The molecule has 0 bridgehead atoms. The molecule has 0 aliphatic rings. The summed E-state index contributed by atoms with van der Waals surface area (Å²) in [6, 6.07) is 5.66. The van der Waals surface area contributed by atoms with Gasteiger partial charge < -0.3 is 4.74 Å². The van der Waals surface area contributed by atoms with Crippen molar-refractivity contribution in [2.75, 3.05) is 6.61 Å². The van der Waals surface area contributed by atoms with Crippen LogP contribution in [0.2, 0.25) is 0 Å². The van der Waals surface area contributed by atoms with Crippen LogP contribution in [0.25, 0.3) is 0 Å². The molecule has 0 aromatic heterocycles. The fraction of sp³-hybridized carbons (Fsp3) is 0.417. The van der Waals surface area contributed by atoms with E-state index in [1.807, 2.05) is 25.1 Å². The lowest BCUT2D eigenvalue weighted by atomic mass is 10.1. The third kappa shape index (κ3) is 3.86. The van der Waals surface area contributed by atoms with Gasteiger partial charge in [-0.1, -0.05) is 19.1 Å². The largest absolute Gasteiger partial charge is 0.487 e. The Balaban J connectivity index is 2.71. The first-order valence-corrected chi connectivity index (χ1v) is 4.93. The molecule has 0 atom stereocenters. The summed E-state index contributed by atoms with van der Waals surface area (Å²) < 4.78 is 28.9. The number of ether oxygens (including phenoxy) is 1. The van der Waals surface area contributed by atoms with E-state index in [1.165, 1.54) is 0 Å². The molecule has 0 N–H and O–H groups in total. The topological polar surface area (TPSA) is 9.23 Å². The van der Waals surface area contributed by atoms with Crippen LogP contribution < -0.4 is 4.74 Å². The lowest BCUT2D eigenvalue weighted by Gasteiger charge is -2.10. The first-order valence-electron chi connectivity index (χ1n) is 4.93. The average Bonchev–Trinajstić information content (AvgIpc) is 2.19. The van der Waals surface area contributed by atoms with Crippen molar-refractivity contribution in [2.24, 2.45) is 0 Å². The molecule has 83 valence electrons. The van der Waals surface area contributed by atoms with Crippen LogP contribution >= 0.6 is 0 Å². The van der Waals surface area contributed by atoms with Crippen molar-refractivity contribution in [2.45, 2.75) is 26.2 Å². The summed E-state index contributed by atoms with van der Waals surface area (Å²) in [5.74, 6) is 0.543. The molecule has 0 heterocycles. The Morgan fingerprint density at radius 1 is 1.40 bits per heavy atom. The highest BCUT2D eigenvalue weighted by molar-refractivity contribution is 5.36. The molecule has 1 rings (SSSR count). The molecular formula is C12H15F2O. The van der Waals surface area contributed by atoms with Gasteiger partial charge in [0.1, 0.15) is 12.4 Å². The van der Waals surface area contributed by atoms with E-state index in [-0.39, 0.29) is 0 Å². The smallest absolute Gasteiger partial charge is 0.272 e. The predicted octanol–water partition coefficient (Wildman–Crippen LogP) is 3.41. The molecule has 0 aliphatic heterocycles. The molecular weight excluding hydrogens is 198 g/mol. The van der Waals surface area contributed by atoms with E-state index in [1.54, 1.807) is 0 Å². The van der Waals surface area contributed by atoms with Gasteiger partial charge in [-0.3, -0.25) is 0 Å². The molecule has 0 aliphatic carbocycles. The van der Waals surface area contributed by atoms with Gasteiger partial charge in [0.15, 0.2) is 0 Å². The SMILES string of the molecule is [CH2]CCc1ccc(C)c(OCC(F)F)c1. The molecule has 15 heavy (non-hydrogen) atoms. The molecule has 1 radical (unpaired) electrons. The number of halogens is 2. The van der Waals surface area contributed by atoms with E-state index < -0.39 is 13.0 Å². The summed E-state index contributed by atoms with van der Waals surface area (Å²) in [5, 5.41) is 0. The third-order valence-electron chi connectivity index (χ3n) is 2.08. The monoisotopic (exact) mass is 213 g/mol. The van der Waals surface area contributed by atoms with E-state index in [0.29, 0.717) is 5.75 Å². The maximum Gasteiger partial charge on any atom is 0.272 e. The van der Waals surface area contributed by atoms with Crippen molar-refractivity contribution in [3.63, 3.8) is 0 Å². The van der Waals surface area contributed by atoms with E-state index >= 15 is 0 Å². The minimum Gasteiger partial charge on any atom is -0.487 e. The zero-order valence-corrected chi connectivity index (χ0v) is 8.80. The quantitative estimate of drug-likeness (QED) is 0.728. The van der Waals surface area contributed by atoms with Gasteiger partial charge in [0.25, 0.3) is 6.43 Å². The van der Waals surface area contributed by atoms with Gasteiger partial charge in [-0.05, 0) is 37.0 Å². The number of hydrogen-bond acceptors (Lipinski definition) is 1. The first kappa shape index (κ1) is 12.0. The van der Waals surface area contributed by atoms with Gasteiger partial charge in [-0.15, -0.1) is 0 Å². The number of aryl methyl sites for hydroxylation is 2. The number of hydrogen-bond donors (Lipinski definition) is 0. The molecule has 0 unspecified atom stereocenters. The summed E-state index contributed by atoms with van der Waals surface area (Å²) in [6.07, 6.45) is -0.802. The van der Waals surface area contributed by atoms with Gasteiger partial charge in [0.2, 0.25) is 0 Å². The maximum absolute atomic E-state index is 12.0. The van der Waals surface area contributed by atoms with Gasteiger partial charge in [0, 0.05) is 0 Å². The summed E-state index contributed by atoms with van der Waals surface area (Å²) in [4.78, 5) is 0. The number of benzene rings is 1. The average molecular weight is 213 g/mol. The van der Waals surface area contributed by atoms with Gasteiger partial charge in [-0.2, -0.15) is 0 Å². The van der Waals surface area contributed by atoms with Crippen LogP contribution in [0.5, 0.6) is 5.75 Å². The normalized spacial score (nSPS) is 10.7. The van der Waals surface area contributed by atoms with Crippen LogP contribution in [0, 0.1) is 13.8 Å². The summed E-state index contributed by atoms with van der Waals surface area (Å²) >= 11 is 0. The van der Waals surface area contributed by atoms with Crippen molar-refractivity contribution in [1.29, 1.82) is 0 Å². The second-order valence-corrected chi connectivity index (χ2v) is 3.41. The van der Waals surface area contributed by atoms with E-state index in [0.717, 1.165) is 24.0 Å². The van der Waals surface area contributed by atoms with Crippen LogP contribution in [-0.4, -0.2) is 13.0 Å². The van der Waals surface area contributed by atoms with Crippen molar-refractivity contribution in [3.8, 4) is 5.75 Å². The van der Waals surface area contributed by atoms with Crippen LogP contribution in [0.15, 0.2) is 18.2 Å². The van der Waals surface area contributed by atoms with Gasteiger partial charge >= 0.3 is 0 Å². The van der Waals surface area contributed by atoms with Gasteiger partial charge in [-0.25, -0.2) is 8.78 Å². The zero-order valence-electron chi connectivity index (χ0n) is 8.80. The number of rotatable bonds is 5. The minimum atomic E-state index is -2.43. The minimum absolute atomic E-state index is 0.543. The molecule has 3 heteroatoms. The van der Waals surface area contributed by atoms with Crippen molar-refractivity contribution < 1.29 is 13.5 Å². The summed E-state index contributed by atoms with van der Waals surface area (Å²) in [5.41, 5.74) is 1.95. The molecule has 1 aromatic rings. The van der Waals surface area contributed by atoms with E-state index in [2.05, 4.69) is 6.92 Å². The molecule has 0 saturated carbocycles. The van der Waals surface area contributed by atoms with Crippen LogP contribution in [0.4, 0.5) is 8.78 Å². The predicted molar refractivity (Wildman–Crippen MR) is 56.4 cm³/mol. The van der Waals surface area contributed by atoms with Crippen molar-refractivity contribution in [1.82, 2.24) is 0 Å². The lowest BCUT2D eigenvalue weighted by Crippen LogP contribution is -2.08. The van der Waals surface area contributed by atoms with Crippen molar-refractivity contribution >= 4 is 0 Å². The second-order valence-electron chi connectivity index (χ2n) is 3.41. The maximum atomic E-state index is 12.0. The fourth-order valence-electron chi connectivity index (χ4n) is 1.31. The number of alkyl halides is 2. The Kier molecular flexibility index (Phi) is 4.53. The Morgan fingerprint density at radius 3 is 2.73 bits per heavy atom. The van der Waals surface area contributed by atoms with Crippen LogP contribution in [0.3, 0.4) is 0 Å². The standard InChI is InChI=1S/C12H15F2O/c1-3-4-10-6-5-9(2)11(7-10)15-8-12(13)14/h5-7,12H,1,3-4,8H2,2H3. The van der Waals surface area contributed by atoms with Crippen LogP contribution in [-0.2, 0) is 6.42 Å². The second kappa shape index (κ2) is 5.69. The summed E-state index contributed by atoms with van der Waals surface area (Å²) in [6.45, 7) is 5.04. The third-order valence-corrected chi connectivity index (χ3v) is 2.08. The first-order chi connectivity index (χ1) is 7.13. The molecule has 0 amide bonds. The molecule has 0 spiro atoms. The Bertz CT molecular complexity index is 310. The van der Waals surface area contributed by atoms with Crippen molar-refractivity contribution in [3.05, 3.63) is 36.2 Å².